The molecule has 1 aromatic heterocycles. The van der Waals surface area contributed by atoms with Crippen LogP contribution in [0.4, 0.5) is 0 Å². The summed E-state index contributed by atoms with van der Waals surface area (Å²) in [7, 11) is 0. The monoisotopic (exact) mass is 242 g/mol. The first-order chi connectivity index (χ1) is 7.41. The van der Waals surface area contributed by atoms with Gasteiger partial charge in [0.1, 0.15) is 0 Å². The van der Waals surface area contributed by atoms with E-state index in [0.717, 1.165) is 11.4 Å². The number of carbonyl (C=O) groups is 1. The summed E-state index contributed by atoms with van der Waals surface area (Å²) in [4.78, 5) is 10.8. The van der Waals surface area contributed by atoms with E-state index in [-0.39, 0.29) is 11.7 Å². The molecule has 0 radical (unpaired) electrons. The van der Waals surface area contributed by atoms with Crippen molar-refractivity contribution in [3.63, 3.8) is 0 Å². The van der Waals surface area contributed by atoms with Gasteiger partial charge in [0.25, 0.3) is 0 Å². The molecule has 90 valence electrons. The van der Waals surface area contributed by atoms with Crippen LogP contribution in [-0.2, 0) is 5.75 Å². The van der Waals surface area contributed by atoms with Crippen molar-refractivity contribution in [1.82, 2.24) is 9.78 Å². The van der Waals surface area contributed by atoms with Gasteiger partial charge in [0.2, 0.25) is 0 Å². The van der Waals surface area contributed by atoms with E-state index >= 15 is 0 Å². The summed E-state index contributed by atoms with van der Waals surface area (Å²) in [6, 6.07) is 1.86. The number of rotatable bonds is 5. The number of hydrogen-bond acceptors (Lipinski definition) is 3. The predicted molar refractivity (Wildman–Crippen MR) is 66.0 cm³/mol. The Kier molecular flexibility index (Phi) is 4.41. The molecule has 0 aromatic carbocycles. The zero-order chi connectivity index (χ0) is 12.3. The van der Waals surface area contributed by atoms with Gasteiger partial charge in [-0.3, -0.25) is 4.68 Å². The number of carboxylic acids is 1. The van der Waals surface area contributed by atoms with Gasteiger partial charge in [0, 0.05) is 17.5 Å². The molecule has 1 heterocycles. The molecule has 0 aliphatic heterocycles. The van der Waals surface area contributed by atoms with Gasteiger partial charge in [-0.15, -0.1) is 0 Å². The van der Waals surface area contributed by atoms with Crippen molar-refractivity contribution in [2.75, 3.05) is 0 Å². The largest absolute Gasteiger partial charge is 0.476 e. The van der Waals surface area contributed by atoms with Crippen LogP contribution in [0.1, 0.15) is 49.9 Å². The highest BCUT2D eigenvalue weighted by atomic mass is 32.2. The standard InChI is InChI=1S/C11H18N2O2S/c1-7(2)13-9(6-16-8(3)4)5-10(12-13)11(14)15/h5,7-8H,6H2,1-4H3,(H,14,15). The fourth-order valence-corrected chi connectivity index (χ4v) is 2.06. The third kappa shape index (κ3) is 3.27. The molecule has 1 N–H and O–H groups in total. The maximum absolute atomic E-state index is 10.8. The van der Waals surface area contributed by atoms with Crippen LogP contribution >= 0.6 is 11.8 Å². The molecule has 0 amide bonds. The molecule has 0 bridgehead atoms. The molecule has 5 heteroatoms. The van der Waals surface area contributed by atoms with Gasteiger partial charge in [-0.1, -0.05) is 13.8 Å². The zero-order valence-electron chi connectivity index (χ0n) is 10.1. The first-order valence-electron chi connectivity index (χ1n) is 5.35. The Balaban J connectivity index is 2.91. The maximum atomic E-state index is 10.8. The van der Waals surface area contributed by atoms with Crippen LogP contribution in [0.25, 0.3) is 0 Å². The van der Waals surface area contributed by atoms with E-state index in [1.807, 2.05) is 13.8 Å². The second-order valence-electron chi connectivity index (χ2n) is 4.22. The Hall–Kier alpha value is -0.970. The third-order valence-corrected chi connectivity index (χ3v) is 3.21. The van der Waals surface area contributed by atoms with E-state index in [0.29, 0.717) is 5.25 Å². The second-order valence-corrected chi connectivity index (χ2v) is 5.79. The number of hydrogen-bond donors (Lipinski definition) is 1. The van der Waals surface area contributed by atoms with Crippen molar-refractivity contribution in [3.8, 4) is 0 Å². The highest BCUT2D eigenvalue weighted by molar-refractivity contribution is 7.99. The van der Waals surface area contributed by atoms with Crippen molar-refractivity contribution in [1.29, 1.82) is 0 Å². The molecule has 0 saturated heterocycles. The number of carboxylic acid groups (broad SMARTS) is 1. The normalized spacial score (nSPS) is 11.4. The van der Waals surface area contributed by atoms with E-state index in [1.165, 1.54) is 0 Å². The topological polar surface area (TPSA) is 55.1 Å². The highest BCUT2D eigenvalue weighted by Gasteiger charge is 2.15. The Morgan fingerprint density at radius 2 is 2.12 bits per heavy atom. The Labute approximate surface area is 100 Å². The van der Waals surface area contributed by atoms with E-state index in [2.05, 4.69) is 18.9 Å². The minimum Gasteiger partial charge on any atom is -0.476 e. The summed E-state index contributed by atoms with van der Waals surface area (Å²) >= 11 is 1.79. The molecule has 0 saturated carbocycles. The lowest BCUT2D eigenvalue weighted by Gasteiger charge is -2.11. The Morgan fingerprint density at radius 3 is 2.56 bits per heavy atom. The number of nitrogens with zero attached hydrogens (tertiary/aromatic N) is 2. The quantitative estimate of drug-likeness (QED) is 0.862. The predicted octanol–water partition coefficient (Wildman–Crippen LogP) is 2.80. The smallest absolute Gasteiger partial charge is 0.356 e. The van der Waals surface area contributed by atoms with Crippen LogP contribution in [0, 0.1) is 0 Å². The Bertz CT molecular complexity index is 372. The molecular formula is C11H18N2O2S. The molecular weight excluding hydrogens is 224 g/mol. The van der Waals surface area contributed by atoms with Crippen LogP contribution in [-0.4, -0.2) is 26.1 Å². The average molecular weight is 242 g/mol. The van der Waals surface area contributed by atoms with Gasteiger partial charge in [-0.05, 0) is 25.2 Å². The fourth-order valence-electron chi connectivity index (χ4n) is 1.34. The molecule has 0 atom stereocenters. The molecule has 0 unspecified atom stereocenters. The molecule has 0 spiro atoms. The lowest BCUT2D eigenvalue weighted by molar-refractivity contribution is 0.0689. The number of aromatic nitrogens is 2. The molecule has 1 rings (SSSR count). The van der Waals surface area contributed by atoms with E-state index in [4.69, 9.17) is 5.11 Å². The summed E-state index contributed by atoms with van der Waals surface area (Å²) in [6.45, 7) is 8.25. The Morgan fingerprint density at radius 1 is 1.50 bits per heavy atom. The van der Waals surface area contributed by atoms with E-state index < -0.39 is 5.97 Å². The van der Waals surface area contributed by atoms with Gasteiger partial charge in [0.15, 0.2) is 5.69 Å². The van der Waals surface area contributed by atoms with Crippen LogP contribution in [0.3, 0.4) is 0 Å². The summed E-state index contributed by atoms with van der Waals surface area (Å²) in [6.07, 6.45) is 0. The van der Waals surface area contributed by atoms with Crippen molar-refractivity contribution >= 4 is 17.7 Å². The molecule has 4 nitrogen and oxygen atoms in total. The lowest BCUT2D eigenvalue weighted by atomic mass is 10.3. The fraction of sp³-hybridized carbons (Fsp3) is 0.636. The van der Waals surface area contributed by atoms with Crippen LogP contribution < -0.4 is 0 Å². The lowest BCUT2D eigenvalue weighted by Crippen LogP contribution is -2.08. The minimum absolute atomic E-state index is 0.132. The second kappa shape index (κ2) is 5.39. The first kappa shape index (κ1) is 13.1. The van der Waals surface area contributed by atoms with Gasteiger partial charge >= 0.3 is 5.97 Å². The highest BCUT2D eigenvalue weighted by Crippen LogP contribution is 2.20. The molecule has 0 aliphatic rings. The maximum Gasteiger partial charge on any atom is 0.356 e. The van der Waals surface area contributed by atoms with Crippen molar-refractivity contribution < 1.29 is 9.90 Å². The van der Waals surface area contributed by atoms with Crippen LogP contribution in [0.15, 0.2) is 6.07 Å². The molecule has 1 aromatic rings. The van der Waals surface area contributed by atoms with Crippen molar-refractivity contribution in [2.24, 2.45) is 0 Å². The minimum atomic E-state index is -0.963. The number of thioether (sulfide) groups is 1. The third-order valence-electron chi connectivity index (χ3n) is 2.09. The molecule has 16 heavy (non-hydrogen) atoms. The van der Waals surface area contributed by atoms with Gasteiger partial charge in [0.05, 0.1) is 0 Å². The average Bonchev–Trinajstić information content (AvgIpc) is 2.58. The van der Waals surface area contributed by atoms with Gasteiger partial charge in [-0.25, -0.2) is 4.79 Å². The first-order valence-corrected chi connectivity index (χ1v) is 6.40. The van der Waals surface area contributed by atoms with Crippen molar-refractivity contribution in [2.45, 2.75) is 44.7 Å². The van der Waals surface area contributed by atoms with Crippen LogP contribution in [0.2, 0.25) is 0 Å². The zero-order valence-corrected chi connectivity index (χ0v) is 10.9. The SMILES string of the molecule is CC(C)SCc1cc(C(=O)O)nn1C(C)C. The summed E-state index contributed by atoms with van der Waals surface area (Å²) in [5.74, 6) is -0.161. The summed E-state index contributed by atoms with van der Waals surface area (Å²) in [5.41, 5.74) is 1.11. The summed E-state index contributed by atoms with van der Waals surface area (Å²) < 4.78 is 1.79. The van der Waals surface area contributed by atoms with Crippen molar-refractivity contribution in [3.05, 3.63) is 17.5 Å². The van der Waals surface area contributed by atoms with Crippen LogP contribution in [0.5, 0.6) is 0 Å². The van der Waals surface area contributed by atoms with Gasteiger partial charge < -0.3 is 5.11 Å². The summed E-state index contributed by atoms with van der Waals surface area (Å²) in [5, 5.41) is 13.5. The molecule has 0 aliphatic carbocycles. The van der Waals surface area contributed by atoms with Gasteiger partial charge in [-0.2, -0.15) is 16.9 Å². The molecule has 0 fully saturated rings. The van der Waals surface area contributed by atoms with E-state index in [9.17, 15) is 4.79 Å². The van der Waals surface area contributed by atoms with E-state index in [1.54, 1.807) is 22.5 Å². The number of aromatic carboxylic acids is 1.